The number of hydrogen-bond donors (Lipinski definition) is 1. The number of imidazole rings is 1. The first kappa shape index (κ1) is 20.5. The summed E-state index contributed by atoms with van der Waals surface area (Å²) in [5.74, 6) is 1.66. The molecule has 158 valence electrons. The summed E-state index contributed by atoms with van der Waals surface area (Å²) in [6.07, 6.45) is 9.23. The number of hydrogen-bond acceptors (Lipinski definition) is 3. The van der Waals surface area contributed by atoms with E-state index >= 15 is 0 Å². The summed E-state index contributed by atoms with van der Waals surface area (Å²) >= 11 is 0. The predicted octanol–water partition coefficient (Wildman–Crippen LogP) is 5.36. The molecule has 0 saturated carbocycles. The van der Waals surface area contributed by atoms with E-state index in [0.29, 0.717) is 0 Å². The number of carbonyl (C=O) groups is 1. The van der Waals surface area contributed by atoms with Crippen LogP contribution in [0.5, 0.6) is 0 Å². The van der Waals surface area contributed by atoms with Crippen LogP contribution in [0.4, 0.5) is 0 Å². The zero-order valence-corrected chi connectivity index (χ0v) is 17.9. The highest BCUT2D eigenvalue weighted by Crippen LogP contribution is 2.35. The number of nitrogens with one attached hydrogen (secondary N) is 1. The maximum absolute atomic E-state index is 13.2. The smallest absolute Gasteiger partial charge is 0.230 e. The van der Waals surface area contributed by atoms with Gasteiger partial charge in [-0.05, 0) is 63.2 Å². The molecule has 1 aliphatic carbocycles. The molecule has 1 unspecified atom stereocenters. The van der Waals surface area contributed by atoms with Crippen molar-refractivity contribution in [2.45, 2.75) is 64.0 Å². The Morgan fingerprint density at radius 1 is 1.27 bits per heavy atom. The lowest BCUT2D eigenvalue weighted by Crippen LogP contribution is -2.34. The van der Waals surface area contributed by atoms with E-state index in [-0.39, 0.29) is 24.0 Å². The number of ether oxygens (including phenoxy) is 1. The number of carbonyl (C=O) groups excluding carboxylic acids is 1. The quantitative estimate of drug-likeness (QED) is 0.658. The van der Waals surface area contributed by atoms with Gasteiger partial charge in [-0.25, -0.2) is 4.98 Å². The molecule has 2 aliphatic rings. The Hall–Kier alpha value is -2.82. The Bertz CT molecular complexity index is 931. The lowest BCUT2D eigenvalue weighted by Gasteiger charge is -2.26. The number of rotatable bonds is 6. The molecule has 0 radical (unpaired) electrons. The minimum absolute atomic E-state index is 0.0177. The van der Waals surface area contributed by atoms with Gasteiger partial charge in [-0.1, -0.05) is 36.9 Å². The highest BCUT2D eigenvalue weighted by Gasteiger charge is 2.34. The summed E-state index contributed by atoms with van der Waals surface area (Å²) in [5, 5.41) is 0. The van der Waals surface area contributed by atoms with Crippen LogP contribution in [0.1, 0.15) is 75.0 Å². The number of aromatic nitrogens is 2. The molecular weight excluding hydrogens is 374 g/mol. The SMILES string of the molecule is C=C(C)OC1C=C(c2cnc([C@@H]3CCCN3C(=O)[C@H](C)c3ccccc3)[nH]2)CCC1. The fraction of sp³-hybridized carbons (Fsp3) is 0.440. The van der Waals surface area contributed by atoms with Crippen molar-refractivity contribution < 1.29 is 9.53 Å². The number of allylic oxidation sites excluding steroid dienone is 2. The summed E-state index contributed by atoms with van der Waals surface area (Å²) < 4.78 is 5.81. The summed E-state index contributed by atoms with van der Waals surface area (Å²) in [6, 6.07) is 10.0. The summed E-state index contributed by atoms with van der Waals surface area (Å²) in [6.45, 7) is 8.52. The van der Waals surface area contributed by atoms with Gasteiger partial charge in [0.05, 0.1) is 29.6 Å². The molecule has 4 rings (SSSR count). The van der Waals surface area contributed by atoms with Gasteiger partial charge in [0.2, 0.25) is 5.91 Å². The first-order valence-corrected chi connectivity index (χ1v) is 11.0. The number of nitrogens with zero attached hydrogens (tertiary/aromatic N) is 2. The van der Waals surface area contributed by atoms with E-state index in [9.17, 15) is 4.79 Å². The van der Waals surface area contributed by atoms with Crippen LogP contribution in [0.2, 0.25) is 0 Å². The largest absolute Gasteiger partial charge is 0.492 e. The number of amides is 1. The van der Waals surface area contributed by atoms with Gasteiger partial charge in [0.25, 0.3) is 0 Å². The van der Waals surface area contributed by atoms with Crippen LogP contribution in [0.25, 0.3) is 5.57 Å². The average molecular weight is 406 g/mol. The average Bonchev–Trinajstić information content (AvgIpc) is 3.42. The molecule has 1 aliphatic heterocycles. The van der Waals surface area contributed by atoms with Gasteiger partial charge >= 0.3 is 0 Å². The Morgan fingerprint density at radius 3 is 2.83 bits per heavy atom. The molecule has 3 atom stereocenters. The zero-order chi connectivity index (χ0) is 21.1. The molecule has 0 spiro atoms. The van der Waals surface area contributed by atoms with Gasteiger partial charge in [0, 0.05) is 6.54 Å². The third-order valence-corrected chi connectivity index (χ3v) is 6.14. The van der Waals surface area contributed by atoms with Crippen molar-refractivity contribution in [2.75, 3.05) is 6.54 Å². The first-order chi connectivity index (χ1) is 14.5. The molecule has 1 amide bonds. The molecule has 5 nitrogen and oxygen atoms in total. The minimum Gasteiger partial charge on any atom is -0.492 e. The van der Waals surface area contributed by atoms with Crippen molar-refractivity contribution in [3.05, 3.63) is 72.0 Å². The molecule has 30 heavy (non-hydrogen) atoms. The van der Waals surface area contributed by atoms with Crippen LogP contribution in [-0.2, 0) is 9.53 Å². The molecule has 0 bridgehead atoms. The topological polar surface area (TPSA) is 58.2 Å². The van der Waals surface area contributed by atoms with E-state index in [1.165, 1.54) is 5.57 Å². The van der Waals surface area contributed by atoms with E-state index in [2.05, 4.69) is 22.6 Å². The van der Waals surface area contributed by atoms with Crippen molar-refractivity contribution in [2.24, 2.45) is 0 Å². The molecule has 1 aromatic heterocycles. The molecule has 2 heterocycles. The fourth-order valence-electron chi connectivity index (χ4n) is 4.58. The molecular formula is C25H31N3O2. The molecule has 1 saturated heterocycles. The van der Waals surface area contributed by atoms with Crippen LogP contribution in [0, 0.1) is 0 Å². The molecule has 1 aromatic carbocycles. The van der Waals surface area contributed by atoms with Gasteiger partial charge in [0.15, 0.2) is 0 Å². The zero-order valence-electron chi connectivity index (χ0n) is 17.9. The van der Waals surface area contributed by atoms with Gasteiger partial charge in [-0.15, -0.1) is 0 Å². The normalized spacial score (nSPS) is 22.5. The standard InChI is InChI=1S/C25H31N3O2/c1-17(2)30-21-12-7-11-20(15-21)22-16-26-24(27-22)23-13-8-14-28(23)25(29)18(3)19-9-5-4-6-10-19/h4-6,9-10,15-16,18,21,23H,1,7-8,11-14H2,2-3H3,(H,26,27)/t18-,21?,23+/m1/s1. The third-order valence-electron chi connectivity index (χ3n) is 6.14. The van der Waals surface area contributed by atoms with Gasteiger partial charge in [-0.2, -0.15) is 0 Å². The Balaban J connectivity index is 1.50. The highest BCUT2D eigenvalue weighted by atomic mass is 16.5. The maximum atomic E-state index is 13.2. The number of likely N-dealkylation sites (tertiary alicyclic amines) is 1. The second kappa shape index (κ2) is 8.90. The van der Waals surface area contributed by atoms with E-state index in [0.717, 1.165) is 61.5 Å². The molecule has 5 heteroatoms. The summed E-state index contributed by atoms with van der Waals surface area (Å²) in [5.41, 5.74) is 3.33. The molecule has 2 aromatic rings. The number of H-pyrrole nitrogens is 1. The lowest BCUT2D eigenvalue weighted by atomic mass is 9.95. The van der Waals surface area contributed by atoms with Crippen molar-refractivity contribution in [1.82, 2.24) is 14.9 Å². The summed E-state index contributed by atoms with van der Waals surface area (Å²) in [4.78, 5) is 23.4. The van der Waals surface area contributed by atoms with Crippen molar-refractivity contribution >= 4 is 11.5 Å². The fourth-order valence-corrected chi connectivity index (χ4v) is 4.58. The van der Waals surface area contributed by atoms with Crippen molar-refractivity contribution in [1.29, 1.82) is 0 Å². The Morgan fingerprint density at radius 2 is 2.07 bits per heavy atom. The second-order valence-electron chi connectivity index (χ2n) is 8.45. The first-order valence-electron chi connectivity index (χ1n) is 11.0. The third kappa shape index (κ3) is 4.35. The predicted molar refractivity (Wildman–Crippen MR) is 119 cm³/mol. The van der Waals surface area contributed by atoms with E-state index in [4.69, 9.17) is 4.74 Å². The van der Waals surface area contributed by atoms with Gasteiger partial charge in [0.1, 0.15) is 11.9 Å². The minimum atomic E-state index is -0.151. The van der Waals surface area contributed by atoms with Crippen molar-refractivity contribution in [3.63, 3.8) is 0 Å². The highest BCUT2D eigenvalue weighted by molar-refractivity contribution is 5.84. The van der Waals surface area contributed by atoms with Crippen LogP contribution < -0.4 is 0 Å². The van der Waals surface area contributed by atoms with Crippen molar-refractivity contribution in [3.8, 4) is 0 Å². The molecule has 1 N–H and O–H groups in total. The Labute approximate surface area is 178 Å². The number of aromatic amines is 1. The van der Waals surface area contributed by atoms with Crippen LogP contribution in [-0.4, -0.2) is 33.4 Å². The molecule has 1 fully saturated rings. The van der Waals surface area contributed by atoms with E-state index < -0.39 is 0 Å². The monoisotopic (exact) mass is 405 g/mol. The maximum Gasteiger partial charge on any atom is 0.230 e. The number of benzene rings is 1. The second-order valence-corrected chi connectivity index (χ2v) is 8.45. The lowest BCUT2D eigenvalue weighted by molar-refractivity contribution is -0.133. The van der Waals surface area contributed by atoms with E-state index in [1.807, 2.05) is 55.3 Å². The van der Waals surface area contributed by atoms with Gasteiger partial charge < -0.3 is 14.6 Å². The van der Waals surface area contributed by atoms with Crippen LogP contribution in [0.3, 0.4) is 0 Å². The van der Waals surface area contributed by atoms with E-state index in [1.54, 1.807) is 0 Å². The summed E-state index contributed by atoms with van der Waals surface area (Å²) in [7, 11) is 0. The van der Waals surface area contributed by atoms with Gasteiger partial charge in [-0.3, -0.25) is 4.79 Å². The Kier molecular flexibility index (Phi) is 6.07. The van der Waals surface area contributed by atoms with Crippen LogP contribution >= 0.6 is 0 Å². The van der Waals surface area contributed by atoms with Crippen LogP contribution in [0.15, 0.2) is 54.9 Å².